The minimum atomic E-state index is 0.713. The third-order valence-corrected chi connectivity index (χ3v) is 4.15. The number of methoxy groups -OCH3 is 1. The second-order valence-electron chi connectivity index (χ2n) is 5.88. The molecule has 0 radical (unpaired) electrons. The minimum Gasteiger partial charge on any atom is -0.497 e. The van der Waals surface area contributed by atoms with Crippen molar-refractivity contribution >= 4 is 16.9 Å². The molecule has 7 heteroatoms. The molecule has 3 aromatic heterocycles. The molecule has 26 heavy (non-hydrogen) atoms. The summed E-state index contributed by atoms with van der Waals surface area (Å²) < 4.78 is 6.93. The third kappa shape index (κ3) is 2.95. The Kier molecular flexibility index (Phi) is 4.18. The molecule has 130 valence electrons. The van der Waals surface area contributed by atoms with E-state index in [0.717, 1.165) is 34.0 Å². The Balaban J connectivity index is 1.67. The van der Waals surface area contributed by atoms with Gasteiger partial charge in [0.1, 0.15) is 17.9 Å². The van der Waals surface area contributed by atoms with Crippen LogP contribution in [0.15, 0.2) is 61.2 Å². The number of hydrogen-bond acceptors (Lipinski definition) is 6. The molecule has 4 rings (SSSR count). The molecule has 0 saturated carbocycles. The molecular formula is C19H18N6O. The van der Waals surface area contributed by atoms with Crippen molar-refractivity contribution in [2.24, 2.45) is 0 Å². The number of nitrogens with zero attached hydrogens (tertiary/aromatic N) is 6. The lowest BCUT2D eigenvalue weighted by molar-refractivity contribution is 0.414. The number of benzene rings is 1. The summed E-state index contributed by atoms with van der Waals surface area (Å²) >= 11 is 0. The van der Waals surface area contributed by atoms with Gasteiger partial charge in [-0.2, -0.15) is 9.78 Å². The zero-order chi connectivity index (χ0) is 17.9. The van der Waals surface area contributed by atoms with Crippen molar-refractivity contribution < 1.29 is 4.74 Å². The first-order valence-corrected chi connectivity index (χ1v) is 8.20. The monoisotopic (exact) mass is 346 g/mol. The van der Waals surface area contributed by atoms with Gasteiger partial charge < -0.3 is 9.64 Å². The zero-order valence-corrected chi connectivity index (χ0v) is 14.6. The second-order valence-corrected chi connectivity index (χ2v) is 5.88. The summed E-state index contributed by atoms with van der Waals surface area (Å²) in [6.45, 7) is 0.713. The van der Waals surface area contributed by atoms with Gasteiger partial charge in [0, 0.05) is 19.8 Å². The molecule has 4 aromatic rings. The van der Waals surface area contributed by atoms with Crippen molar-refractivity contribution in [3.63, 3.8) is 0 Å². The fourth-order valence-corrected chi connectivity index (χ4v) is 2.86. The Morgan fingerprint density at radius 2 is 1.88 bits per heavy atom. The van der Waals surface area contributed by atoms with Gasteiger partial charge in [-0.3, -0.25) is 0 Å². The second kappa shape index (κ2) is 6.79. The van der Waals surface area contributed by atoms with E-state index in [4.69, 9.17) is 4.74 Å². The van der Waals surface area contributed by atoms with Gasteiger partial charge in [-0.25, -0.2) is 15.0 Å². The maximum Gasteiger partial charge on any atom is 0.170 e. The van der Waals surface area contributed by atoms with Crippen LogP contribution in [0.1, 0.15) is 5.56 Å². The molecular weight excluding hydrogens is 328 g/mol. The molecule has 0 N–H and O–H groups in total. The van der Waals surface area contributed by atoms with Gasteiger partial charge in [0.2, 0.25) is 0 Å². The van der Waals surface area contributed by atoms with Crippen LogP contribution in [0, 0.1) is 0 Å². The summed E-state index contributed by atoms with van der Waals surface area (Å²) in [6.07, 6.45) is 5.08. The van der Waals surface area contributed by atoms with E-state index in [1.807, 2.05) is 49.5 Å². The first kappa shape index (κ1) is 16.0. The molecule has 0 spiro atoms. The van der Waals surface area contributed by atoms with E-state index >= 15 is 0 Å². The lowest BCUT2D eigenvalue weighted by atomic mass is 10.2. The maximum absolute atomic E-state index is 5.21. The van der Waals surface area contributed by atoms with Gasteiger partial charge in [0.15, 0.2) is 11.5 Å². The standard InChI is InChI=1S/C19H18N6O/c1-24(12-14-6-8-15(26-2)9-7-14)18-16-11-23-25(19(16)22-13-21-18)17-5-3-4-10-20-17/h3-11,13H,12H2,1-2H3. The lowest BCUT2D eigenvalue weighted by Crippen LogP contribution is -2.18. The predicted octanol–water partition coefficient (Wildman–Crippen LogP) is 2.86. The fraction of sp³-hybridized carbons (Fsp3) is 0.158. The number of ether oxygens (including phenoxy) is 1. The molecule has 0 aliphatic rings. The SMILES string of the molecule is COc1ccc(CN(C)c2ncnc3c2cnn3-c2ccccn2)cc1. The summed E-state index contributed by atoms with van der Waals surface area (Å²) in [5, 5.41) is 5.33. The van der Waals surface area contributed by atoms with Crippen LogP contribution in [-0.4, -0.2) is 38.9 Å². The molecule has 0 amide bonds. The number of rotatable bonds is 5. The first-order valence-electron chi connectivity index (χ1n) is 8.20. The third-order valence-electron chi connectivity index (χ3n) is 4.15. The highest BCUT2D eigenvalue weighted by molar-refractivity contribution is 5.87. The highest BCUT2D eigenvalue weighted by Gasteiger charge is 2.14. The number of pyridine rings is 1. The van der Waals surface area contributed by atoms with Crippen LogP contribution < -0.4 is 9.64 Å². The van der Waals surface area contributed by atoms with Gasteiger partial charge >= 0.3 is 0 Å². The molecule has 0 unspecified atom stereocenters. The highest BCUT2D eigenvalue weighted by atomic mass is 16.5. The molecule has 0 bridgehead atoms. The van der Waals surface area contributed by atoms with Crippen molar-refractivity contribution in [1.29, 1.82) is 0 Å². The summed E-state index contributed by atoms with van der Waals surface area (Å²) in [5.41, 5.74) is 1.90. The normalized spacial score (nSPS) is 10.8. The fourth-order valence-electron chi connectivity index (χ4n) is 2.86. The lowest BCUT2D eigenvalue weighted by Gasteiger charge is -2.18. The van der Waals surface area contributed by atoms with Gasteiger partial charge in [-0.1, -0.05) is 18.2 Å². The molecule has 1 aromatic carbocycles. The summed E-state index contributed by atoms with van der Waals surface area (Å²) in [6, 6.07) is 13.7. The molecule has 0 fully saturated rings. The number of aromatic nitrogens is 5. The first-order chi connectivity index (χ1) is 12.8. The largest absolute Gasteiger partial charge is 0.497 e. The van der Waals surface area contributed by atoms with E-state index < -0.39 is 0 Å². The van der Waals surface area contributed by atoms with Crippen LogP contribution >= 0.6 is 0 Å². The molecule has 7 nitrogen and oxygen atoms in total. The van der Waals surface area contributed by atoms with Crippen LogP contribution in [0.25, 0.3) is 16.9 Å². The number of anilines is 1. The summed E-state index contributed by atoms with van der Waals surface area (Å²) in [7, 11) is 3.67. The van der Waals surface area contributed by atoms with Crippen LogP contribution in [0.3, 0.4) is 0 Å². The van der Waals surface area contributed by atoms with E-state index in [9.17, 15) is 0 Å². The minimum absolute atomic E-state index is 0.713. The van der Waals surface area contributed by atoms with Gasteiger partial charge in [0.05, 0.1) is 18.7 Å². The predicted molar refractivity (Wildman–Crippen MR) is 99.6 cm³/mol. The quantitative estimate of drug-likeness (QED) is 0.553. The average molecular weight is 346 g/mol. The zero-order valence-electron chi connectivity index (χ0n) is 14.6. The van der Waals surface area contributed by atoms with Gasteiger partial charge in [0.25, 0.3) is 0 Å². The summed E-state index contributed by atoms with van der Waals surface area (Å²) in [5.74, 6) is 2.40. The molecule has 0 atom stereocenters. The number of fused-ring (bicyclic) bond motifs is 1. The Bertz CT molecular complexity index is 1010. The van der Waals surface area contributed by atoms with Crippen molar-refractivity contribution in [2.75, 3.05) is 19.1 Å². The smallest absolute Gasteiger partial charge is 0.170 e. The Labute approximate surface area is 150 Å². The molecule has 0 aliphatic heterocycles. The van der Waals surface area contributed by atoms with E-state index in [2.05, 4.69) is 25.0 Å². The van der Waals surface area contributed by atoms with Crippen LogP contribution in [0.4, 0.5) is 5.82 Å². The van der Waals surface area contributed by atoms with Gasteiger partial charge in [-0.05, 0) is 29.8 Å². The molecule has 0 aliphatic carbocycles. The van der Waals surface area contributed by atoms with Crippen LogP contribution in [0.2, 0.25) is 0 Å². The van der Waals surface area contributed by atoms with Crippen molar-refractivity contribution in [1.82, 2.24) is 24.7 Å². The number of hydrogen-bond donors (Lipinski definition) is 0. The van der Waals surface area contributed by atoms with Crippen molar-refractivity contribution in [3.05, 3.63) is 66.7 Å². The molecule has 3 heterocycles. The van der Waals surface area contributed by atoms with Crippen LogP contribution in [-0.2, 0) is 6.54 Å². The van der Waals surface area contributed by atoms with E-state index in [-0.39, 0.29) is 0 Å². The topological polar surface area (TPSA) is 69.0 Å². The highest BCUT2D eigenvalue weighted by Crippen LogP contribution is 2.24. The van der Waals surface area contributed by atoms with Crippen LogP contribution in [0.5, 0.6) is 5.75 Å². The summed E-state index contributed by atoms with van der Waals surface area (Å²) in [4.78, 5) is 15.3. The maximum atomic E-state index is 5.21. The Hall–Kier alpha value is -3.48. The van der Waals surface area contributed by atoms with Gasteiger partial charge in [-0.15, -0.1) is 0 Å². The van der Waals surface area contributed by atoms with Crippen molar-refractivity contribution in [2.45, 2.75) is 6.54 Å². The Morgan fingerprint density at radius 1 is 1.04 bits per heavy atom. The van der Waals surface area contributed by atoms with Crippen molar-refractivity contribution in [3.8, 4) is 11.6 Å². The van der Waals surface area contributed by atoms with E-state index in [0.29, 0.717) is 6.54 Å². The average Bonchev–Trinajstić information content (AvgIpc) is 3.13. The van der Waals surface area contributed by atoms with E-state index in [1.165, 1.54) is 0 Å². The Morgan fingerprint density at radius 3 is 2.62 bits per heavy atom. The van der Waals surface area contributed by atoms with E-state index in [1.54, 1.807) is 30.5 Å². The molecule has 0 saturated heterocycles.